The minimum Gasteiger partial charge on any atom is -0.490 e. The number of aliphatic hydroxyl groups excluding tert-OH is 2. The van der Waals surface area contributed by atoms with E-state index in [1.807, 2.05) is 39.0 Å². The van der Waals surface area contributed by atoms with Crippen molar-refractivity contribution in [2.75, 3.05) is 19.8 Å². The molecule has 1 amide bonds. The van der Waals surface area contributed by atoms with Crippen molar-refractivity contribution in [3.63, 3.8) is 0 Å². The minimum atomic E-state index is -0.913. The molecule has 3 aromatic rings. The molecule has 0 radical (unpaired) electrons. The van der Waals surface area contributed by atoms with Gasteiger partial charge in [0.15, 0.2) is 0 Å². The molecular formula is C21H23ClN4O5. The minimum absolute atomic E-state index is 0.0127. The highest BCUT2D eigenvalue weighted by Gasteiger charge is 2.16. The molecule has 1 aromatic carbocycles. The average Bonchev–Trinajstić information content (AvgIpc) is 3.21. The summed E-state index contributed by atoms with van der Waals surface area (Å²) in [4.78, 5) is 19.6. The summed E-state index contributed by atoms with van der Waals surface area (Å²) in [7, 11) is 0. The van der Waals surface area contributed by atoms with Crippen LogP contribution in [0.25, 0.3) is 22.8 Å². The van der Waals surface area contributed by atoms with Gasteiger partial charge in [0.2, 0.25) is 11.7 Å². The van der Waals surface area contributed by atoms with Crippen LogP contribution in [-0.4, -0.2) is 57.1 Å². The number of nitrogens with one attached hydrogen (secondary N) is 1. The quantitative estimate of drug-likeness (QED) is 0.449. The third-order valence-electron chi connectivity index (χ3n) is 4.41. The van der Waals surface area contributed by atoms with Gasteiger partial charge >= 0.3 is 0 Å². The number of nitrogens with zero attached hydrogens (tertiary/aromatic N) is 3. The third kappa shape index (κ3) is 5.78. The van der Waals surface area contributed by atoms with Gasteiger partial charge in [-0.25, -0.2) is 4.98 Å². The maximum absolute atomic E-state index is 11.1. The number of aromatic nitrogens is 3. The molecule has 164 valence electrons. The molecule has 0 bridgehead atoms. The van der Waals surface area contributed by atoms with Crippen molar-refractivity contribution in [2.24, 2.45) is 0 Å². The van der Waals surface area contributed by atoms with E-state index in [4.69, 9.17) is 26.0 Å². The van der Waals surface area contributed by atoms with Crippen LogP contribution in [0, 0.1) is 20.8 Å². The Morgan fingerprint density at radius 1 is 1.16 bits per heavy atom. The first-order chi connectivity index (χ1) is 14.8. The normalized spacial score (nSPS) is 11.9. The van der Waals surface area contributed by atoms with Gasteiger partial charge in [0, 0.05) is 23.4 Å². The molecule has 2 aromatic heterocycles. The van der Waals surface area contributed by atoms with Crippen LogP contribution < -0.4 is 10.1 Å². The second-order valence-corrected chi connectivity index (χ2v) is 7.50. The maximum atomic E-state index is 11.1. The van der Waals surface area contributed by atoms with Gasteiger partial charge in [-0.1, -0.05) is 16.8 Å². The highest BCUT2D eigenvalue weighted by Crippen LogP contribution is 2.30. The summed E-state index contributed by atoms with van der Waals surface area (Å²) in [6, 6.07) is 7.20. The fraction of sp³-hybridized carbons (Fsp3) is 0.333. The number of benzene rings is 1. The lowest BCUT2D eigenvalue weighted by Crippen LogP contribution is -2.36. The van der Waals surface area contributed by atoms with Crippen LogP contribution in [0.5, 0.6) is 5.75 Å². The number of hydrogen-bond donors (Lipinski definition) is 3. The predicted molar refractivity (Wildman–Crippen MR) is 114 cm³/mol. The van der Waals surface area contributed by atoms with Crippen LogP contribution in [0.15, 0.2) is 28.8 Å². The fourth-order valence-electron chi connectivity index (χ4n) is 3.04. The zero-order valence-electron chi connectivity index (χ0n) is 17.3. The van der Waals surface area contributed by atoms with Crippen LogP contribution in [0.4, 0.5) is 0 Å². The van der Waals surface area contributed by atoms with E-state index < -0.39 is 18.6 Å². The van der Waals surface area contributed by atoms with E-state index in [1.54, 1.807) is 6.07 Å². The number of pyridine rings is 1. The number of ether oxygens (including phenoxy) is 1. The van der Waals surface area contributed by atoms with Gasteiger partial charge in [-0.05, 0) is 56.2 Å². The van der Waals surface area contributed by atoms with Crippen molar-refractivity contribution in [2.45, 2.75) is 26.9 Å². The van der Waals surface area contributed by atoms with Crippen LogP contribution in [-0.2, 0) is 4.79 Å². The summed E-state index contributed by atoms with van der Waals surface area (Å²) < 4.78 is 11.1. The van der Waals surface area contributed by atoms with Crippen molar-refractivity contribution < 1.29 is 24.3 Å². The molecule has 2 heterocycles. The van der Waals surface area contributed by atoms with Gasteiger partial charge in [0.05, 0.1) is 0 Å². The second-order valence-electron chi connectivity index (χ2n) is 7.11. The Morgan fingerprint density at radius 3 is 2.52 bits per heavy atom. The Bertz CT molecular complexity index is 1040. The Labute approximate surface area is 184 Å². The molecule has 1 atom stereocenters. The summed E-state index contributed by atoms with van der Waals surface area (Å²) in [6.07, 6.45) is -0.913. The van der Waals surface area contributed by atoms with Gasteiger partial charge in [0.25, 0.3) is 5.89 Å². The molecule has 9 nitrogen and oxygen atoms in total. The Kier molecular flexibility index (Phi) is 7.21. The number of aryl methyl sites for hydroxylation is 3. The summed E-state index contributed by atoms with van der Waals surface area (Å²) in [5.41, 5.74) is 3.84. The monoisotopic (exact) mass is 446 g/mol. The van der Waals surface area contributed by atoms with Crippen molar-refractivity contribution >= 4 is 17.5 Å². The molecule has 0 aliphatic heterocycles. The Morgan fingerprint density at radius 2 is 1.87 bits per heavy atom. The lowest BCUT2D eigenvalue weighted by atomic mass is 10.1. The number of rotatable bonds is 8. The molecule has 3 rings (SSSR count). The highest BCUT2D eigenvalue weighted by molar-refractivity contribution is 6.29. The lowest BCUT2D eigenvalue weighted by molar-refractivity contribution is -0.124. The summed E-state index contributed by atoms with van der Waals surface area (Å²) in [5, 5.41) is 25.4. The van der Waals surface area contributed by atoms with E-state index in [9.17, 15) is 9.90 Å². The zero-order chi connectivity index (χ0) is 22.5. The van der Waals surface area contributed by atoms with Gasteiger partial charge in [0.1, 0.15) is 30.2 Å². The van der Waals surface area contributed by atoms with E-state index >= 15 is 0 Å². The van der Waals surface area contributed by atoms with E-state index in [1.165, 1.54) is 0 Å². The first kappa shape index (κ1) is 22.7. The Hall–Kier alpha value is -3.01. The summed E-state index contributed by atoms with van der Waals surface area (Å²) >= 11 is 6.01. The molecule has 0 spiro atoms. The molecule has 0 saturated carbocycles. The van der Waals surface area contributed by atoms with Crippen molar-refractivity contribution in [3.8, 4) is 28.6 Å². The number of hydrogen-bond acceptors (Lipinski definition) is 8. The number of halogens is 1. The maximum Gasteiger partial charge on any atom is 0.258 e. The van der Waals surface area contributed by atoms with Crippen molar-refractivity contribution in [3.05, 3.63) is 46.2 Å². The van der Waals surface area contributed by atoms with E-state index in [2.05, 4.69) is 20.4 Å². The molecule has 1 unspecified atom stereocenters. The number of carbonyl (C=O) groups is 1. The lowest BCUT2D eigenvalue weighted by Gasteiger charge is -2.16. The number of amides is 1. The zero-order valence-corrected chi connectivity index (χ0v) is 18.1. The molecule has 10 heteroatoms. The van der Waals surface area contributed by atoms with Crippen LogP contribution in [0.1, 0.15) is 16.8 Å². The summed E-state index contributed by atoms with van der Waals surface area (Å²) in [6.45, 7) is 4.92. The van der Waals surface area contributed by atoms with Crippen LogP contribution in [0.2, 0.25) is 5.15 Å². The first-order valence-electron chi connectivity index (χ1n) is 9.55. The van der Waals surface area contributed by atoms with Gasteiger partial charge < -0.3 is 24.8 Å². The van der Waals surface area contributed by atoms with E-state index in [0.29, 0.717) is 28.2 Å². The topological polar surface area (TPSA) is 131 Å². The number of aliphatic hydroxyl groups is 2. The molecular weight excluding hydrogens is 424 g/mol. The SMILES string of the molecule is Cc1cc(-c2nc(-c3cc(C)c(OCC(O)CNC(=O)CO)c(C)c3)no2)cc(Cl)n1. The summed E-state index contributed by atoms with van der Waals surface area (Å²) in [5.74, 6) is 0.826. The van der Waals surface area contributed by atoms with E-state index in [0.717, 1.165) is 22.4 Å². The second kappa shape index (κ2) is 9.86. The van der Waals surface area contributed by atoms with E-state index in [-0.39, 0.29) is 13.2 Å². The van der Waals surface area contributed by atoms with Gasteiger partial charge in [-0.2, -0.15) is 4.98 Å². The molecule has 31 heavy (non-hydrogen) atoms. The predicted octanol–water partition coefficient (Wildman–Crippen LogP) is 2.23. The van der Waals surface area contributed by atoms with Crippen LogP contribution >= 0.6 is 11.6 Å². The average molecular weight is 447 g/mol. The smallest absolute Gasteiger partial charge is 0.258 e. The van der Waals surface area contributed by atoms with Crippen molar-refractivity contribution in [1.82, 2.24) is 20.4 Å². The molecule has 0 fully saturated rings. The highest BCUT2D eigenvalue weighted by atomic mass is 35.5. The standard InChI is InChI=1S/C21H23ClN4O5/c1-11-4-14(5-12(2)19(11)30-10-16(28)8-23-18(29)9-27)20-25-21(31-26-20)15-6-13(3)24-17(22)7-15/h4-7,16,27-28H,8-10H2,1-3H3,(H,23,29). The molecule has 0 aliphatic carbocycles. The number of carbonyl (C=O) groups excluding carboxylic acids is 1. The van der Waals surface area contributed by atoms with Gasteiger partial charge in [-0.3, -0.25) is 4.79 Å². The third-order valence-corrected chi connectivity index (χ3v) is 4.61. The van der Waals surface area contributed by atoms with Crippen LogP contribution in [0.3, 0.4) is 0 Å². The molecule has 0 saturated heterocycles. The largest absolute Gasteiger partial charge is 0.490 e. The molecule has 0 aliphatic rings. The molecule has 3 N–H and O–H groups in total. The fourth-order valence-corrected chi connectivity index (χ4v) is 3.29. The Balaban J connectivity index is 1.73. The first-order valence-corrected chi connectivity index (χ1v) is 9.93. The van der Waals surface area contributed by atoms with Gasteiger partial charge in [-0.15, -0.1) is 0 Å². The van der Waals surface area contributed by atoms with Crippen molar-refractivity contribution in [1.29, 1.82) is 0 Å².